The van der Waals surface area contributed by atoms with Crippen molar-refractivity contribution in [3.05, 3.63) is 461 Å². The van der Waals surface area contributed by atoms with E-state index in [0.29, 0.717) is 34.9 Å². The van der Waals surface area contributed by atoms with Crippen molar-refractivity contribution in [2.45, 2.75) is 0 Å². The predicted octanol–water partition coefficient (Wildman–Crippen LogP) is 30.0. The van der Waals surface area contributed by atoms with Crippen LogP contribution in [0.1, 0.15) is 0 Å². The Kier molecular flexibility index (Phi) is 17.7. The summed E-state index contributed by atoms with van der Waals surface area (Å²) in [7, 11) is 0. The van der Waals surface area contributed by atoms with Gasteiger partial charge in [0.2, 0.25) is 0 Å². The van der Waals surface area contributed by atoms with E-state index in [1.165, 1.54) is 109 Å². The molecule has 0 aliphatic heterocycles. The standard InChI is InChI=1S/C63H40N6.C57H36N6/c1-3-17-41(18-4-1)61-64-62(42-19-5-2-6-20-42)66-63(65-61)45-23-15-21-43(37-45)44-22-16-24-46(38-44)67-57-31-13-9-27-51(57)53-40-48(34-35-59(53)67)69-58-32-14-10-28-52(58)54-39-47(33-36-60(54)69)68-55-29-11-7-25-49(55)50-26-8-12-30-56(50)68;1-3-16-37(17-4-1)55-58-56(38-18-5-2-6-19-38)60-57(59-55)39-20-15-21-40(34-39)61-51-28-13-9-24-45(51)47-36-42(31-32-53(47)61)63-52-29-14-10-25-46(52)48-35-41(30-33-54(48)63)62-49-26-11-7-22-43(49)44-23-8-12-27-50(44)62/h1-40H;1-36H. The van der Waals surface area contributed by atoms with Gasteiger partial charge in [0.25, 0.3) is 0 Å². The molecule has 27 rings (SSSR count). The maximum absolute atomic E-state index is 5.05. The van der Waals surface area contributed by atoms with Crippen LogP contribution in [0.15, 0.2) is 461 Å². The molecule has 27 aromatic rings. The normalized spacial score (nSPS) is 11.8. The first kappa shape index (κ1) is 75.3. The molecule has 0 radical (unpaired) electrons. The summed E-state index contributed by atoms with van der Waals surface area (Å²) in [6.45, 7) is 0. The Hall–Kier alpha value is -18.0. The maximum atomic E-state index is 5.05. The van der Waals surface area contributed by atoms with Gasteiger partial charge in [0.15, 0.2) is 34.9 Å². The van der Waals surface area contributed by atoms with Crippen molar-refractivity contribution in [2.24, 2.45) is 0 Å². The van der Waals surface area contributed by atoms with Crippen molar-refractivity contribution in [1.29, 1.82) is 0 Å². The second kappa shape index (κ2) is 31.0. The van der Waals surface area contributed by atoms with Crippen molar-refractivity contribution in [3.63, 3.8) is 0 Å². The summed E-state index contributed by atoms with van der Waals surface area (Å²) in [5.74, 6) is 3.82. The van der Waals surface area contributed by atoms with Crippen molar-refractivity contribution < 1.29 is 0 Å². The number of aromatic nitrogens is 12. The lowest BCUT2D eigenvalue weighted by Crippen LogP contribution is -2.01. The van der Waals surface area contributed by atoms with E-state index in [-0.39, 0.29) is 0 Å². The highest BCUT2D eigenvalue weighted by Crippen LogP contribution is 2.45. The number of rotatable bonds is 13. The van der Waals surface area contributed by atoms with E-state index in [1.54, 1.807) is 0 Å². The van der Waals surface area contributed by atoms with Crippen LogP contribution >= 0.6 is 0 Å². The van der Waals surface area contributed by atoms with Gasteiger partial charge in [0.1, 0.15) is 0 Å². The molecule has 0 spiro atoms. The molecule has 0 fully saturated rings. The Bertz CT molecular complexity index is 9080. The molecule has 0 atom stereocenters. The van der Waals surface area contributed by atoms with Crippen molar-refractivity contribution >= 4 is 131 Å². The fourth-order valence-corrected chi connectivity index (χ4v) is 20.2. The quantitative estimate of drug-likeness (QED) is 0.114. The summed E-state index contributed by atoms with van der Waals surface area (Å²) < 4.78 is 14.4. The monoisotopic (exact) mass is 1680 g/mol. The minimum Gasteiger partial charge on any atom is -0.309 e. The van der Waals surface area contributed by atoms with Crippen molar-refractivity contribution in [1.82, 2.24) is 57.3 Å². The van der Waals surface area contributed by atoms with Crippen LogP contribution in [-0.2, 0) is 0 Å². The zero-order chi connectivity index (χ0) is 86.9. The lowest BCUT2D eigenvalue weighted by molar-refractivity contribution is 1.07. The van der Waals surface area contributed by atoms with Crippen LogP contribution in [0.2, 0.25) is 0 Å². The second-order valence-corrected chi connectivity index (χ2v) is 33.7. The van der Waals surface area contributed by atoms with Crippen LogP contribution in [0, 0.1) is 0 Å². The molecule has 0 bridgehead atoms. The van der Waals surface area contributed by atoms with E-state index in [9.17, 15) is 0 Å². The van der Waals surface area contributed by atoms with E-state index in [2.05, 4.69) is 367 Å². The molecule has 12 nitrogen and oxygen atoms in total. The molecule has 8 aromatic heterocycles. The molecule has 0 unspecified atom stereocenters. The number of nitrogens with zero attached hydrogens (tertiary/aromatic N) is 12. The third kappa shape index (κ3) is 12.5. The molecule has 0 saturated heterocycles. The van der Waals surface area contributed by atoms with Crippen molar-refractivity contribution in [3.8, 4) is 114 Å². The Morgan fingerprint density at radius 3 is 0.530 bits per heavy atom. The molecule has 616 valence electrons. The second-order valence-electron chi connectivity index (χ2n) is 33.7. The summed E-state index contributed by atoms with van der Waals surface area (Å²) in [5.41, 5.74) is 28.5. The summed E-state index contributed by atoms with van der Waals surface area (Å²) in [6.07, 6.45) is 0. The van der Waals surface area contributed by atoms with Gasteiger partial charge in [-0.1, -0.05) is 309 Å². The van der Waals surface area contributed by atoms with E-state index in [0.717, 1.165) is 101 Å². The minimum atomic E-state index is 0.625. The SMILES string of the molecule is c1ccc(-c2nc(-c3ccccc3)nc(-c3cccc(-c4cccc(-n5c6ccccc6c6cc(-n7c8ccccc8c8cc(-n9c%10ccccc%10c%10ccccc%109)ccc87)ccc65)c4)c3)n2)cc1.c1ccc(-c2nc(-c3ccccc3)nc(-c3cccc(-n4c5ccccc5c5cc(-n6c7ccccc7c7cc(-n8c9ccccc9c9ccccc98)ccc76)ccc54)c3)n2)cc1. The van der Waals surface area contributed by atoms with Gasteiger partial charge in [0.05, 0.1) is 66.2 Å². The largest absolute Gasteiger partial charge is 0.309 e. The topological polar surface area (TPSA) is 107 Å². The van der Waals surface area contributed by atoms with Gasteiger partial charge in [-0.15, -0.1) is 0 Å². The van der Waals surface area contributed by atoms with Gasteiger partial charge in [-0.05, 0) is 163 Å². The summed E-state index contributed by atoms with van der Waals surface area (Å²) in [5, 5.41) is 14.7. The molecule has 12 heteroatoms. The first-order chi connectivity index (χ1) is 65.5. The average Bonchev–Trinajstić information content (AvgIpc) is 1.57. The molecular weight excluding hydrogens is 1610 g/mol. The molecule has 19 aromatic carbocycles. The average molecular weight is 1690 g/mol. The predicted molar refractivity (Wildman–Crippen MR) is 544 cm³/mol. The van der Waals surface area contributed by atoms with Crippen molar-refractivity contribution in [2.75, 3.05) is 0 Å². The molecule has 0 aliphatic carbocycles. The van der Waals surface area contributed by atoms with E-state index < -0.39 is 0 Å². The fourth-order valence-electron chi connectivity index (χ4n) is 20.2. The third-order valence-electron chi connectivity index (χ3n) is 26.1. The van der Waals surface area contributed by atoms with Gasteiger partial charge in [0, 0.05) is 132 Å². The maximum Gasteiger partial charge on any atom is 0.164 e. The molecule has 8 heterocycles. The Morgan fingerprint density at radius 1 is 0.106 bits per heavy atom. The first-order valence-electron chi connectivity index (χ1n) is 44.6. The Balaban J connectivity index is 0.000000139. The highest BCUT2D eigenvalue weighted by Gasteiger charge is 2.25. The number of hydrogen-bond acceptors (Lipinski definition) is 6. The summed E-state index contributed by atoms with van der Waals surface area (Å²) in [4.78, 5) is 30.0. The lowest BCUT2D eigenvalue weighted by Gasteiger charge is -2.13. The van der Waals surface area contributed by atoms with Gasteiger partial charge in [-0.3, -0.25) is 0 Å². The van der Waals surface area contributed by atoms with Gasteiger partial charge < -0.3 is 27.4 Å². The van der Waals surface area contributed by atoms with E-state index >= 15 is 0 Å². The van der Waals surface area contributed by atoms with Crippen LogP contribution in [0.5, 0.6) is 0 Å². The lowest BCUT2D eigenvalue weighted by atomic mass is 10.0. The van der Waals surface area contributed by atoms with E-state index in [1.807, 2.05) is 121 Å². The molecule has 0 N–H and O–H groups in total. The van der Waals surface area contributed by atoms with Crippen LogP contribution < -0.4 is 0 Å². The molecule has 132 heavy (non-hydrogen) atoms. The van der Waals surface area contributed by atoms with Crippen LogP contribution in [0.4, 0.5) is 0 Å². The van der Waals surface area contributed by atoms with Gasteiger partial charge in [-0.2, -0.15) is 0 Å². The van der Waals surface area contributed by atoms with Gasteiger partial charge >= 0.3 is 0 Å². The highest BCUT2D eigenvalue weighted by molar-refractivity contribution is 6.17. The van der Waals surface area contributed by atoms with Crippen LogP contribution in [-0.4, -0.2) is 57.3 Å². The zero-order valence-corrected chi connectivity index (χ0v) is 71.2. The summed E-state index contributed by atoms with van der Waals surface area (Å²) in [6, 6.07) is 164. The molecule has 0 saturated carbocycles. The Labute approximate surface area is 757 Å². The minimum absolute atomic E-state index is 0.625. The number of fused-ring (bicyclic) bond motifs is 18. The fraction of sp³-hybridized carbons (Fsp3) is 0. The molecular formula is C120H76N12. The number of para-hydroxylation sites is 8. The van der Waals surface area contributed by atoms with Gasteiger partial charge in [-0.25, -0.2) is 29.9 Å². The molecule has 0 aliphatic rings. The third-order valence-corrected chi connectivity index (χ3v) is 26.1. The highest BCUT2D eigenvalue weighted by atomic mass is 15.1. The zero-order valence-electron chi connectivity index (χ0n) is 71.2. The smallest absolute Gasteiger partial charge is 0.164 e. The van der Waals surface area contributed by atoms with Crippen LogP contribution in [0.25, 0.3) is 244 Å². The molecule has 0 amide bonds. The van der Waals surface area contributed by atoms with Crippen LogP contribution in [0.3, 0.4) is 0 Å². The number of benzene rings is 19. The Morgan fingerprint density at radius 2 is 0.273 bits per heavy atom. The first-order valence-corrected chi connectivity index (χ1v) is 44.6. The number of hydrogen-bond donors (Lipinski definition) is 0. The van der Waals surface area contributed by atoms with E-state index in [4.69, 9.17) is 29.9 Å². The summed E-state index contributed by atoms with van der Waals surface area (Å²) >= 11 is 0.